The lowest BCUT2D eigenvalue weighted by atomic mass is 10.0. The van der Waals surface area contributed by atoms with Crippen molar-refractivity contribution in [2.45, 2.75) is 19.0 Å². The summed E-state index contributed by atoms with van der Waals surface area (Å²) >= 11 is 0. The lowest BCUT2D eigenvalue weighted by Gasteiger charge is -2.34. The number of halogens is 1. The molecule has 0 unspecified atom stereocenters. The lowest BCUT2D eigenvalue weighted by molar-refractivity contribution is -0.149. The topological polar surface area (TPSA) is 78.2 Å². The Bertz CT molecular complexity index is 1420. The fourth-order valence-corrected chi connectivity index (χ4v) is 4.14. The van der Waals surface area contributed by atoms with Crippen LogP contribution in [-0.4, -0.2) is 30.8 Å². The second-order valence-corrected chi connectivity index (χ2v) is 8.15. The van der Waals surface area contributed by atoms with Crippen LogP contribution < -0.4 is 14.9 Å². The molecule has 35 heavy (non-hydrogen) atoms. The fraction of sp³-hybridized carbons (Fsp3) is 0.185. The first-order valence-electron chi connectivity index (χ1n) is 11.0. The molecule has 0 bridgehead atoms. The van der Waals surface area contributed by atoms with Gasteiger partial charge in [-0.3, -0.25) is 14.5 Å². The van der Waals surface area contributed by atoms with E-state index < -0.39 is 11.9 Å². The van der Waals surface area contributed by atoms with Gasteiger partial charge in [0.1, 0.15) is 41.9 Å². The van der Waals surface area contributed by atoms with E-state index in [1.165, 1.54) is 37.6 Å². The van der Waals surface area contributed by atoms with Gasteiger partial charge in [-0.2, -0.15) is 0 Å². The largest absolute Gasteiger partial charge is 0.478 e. The summed E-state index contributed by atoms with van der Waals surface area (Å²) in [5.74, 6) is 0.0862. The van der Waals surface area contributed by atoms with E-state index in [1.54, 1.807) is 12.1 Å². The van der Waals surface area contributed by atoms with Crippen molar-refractivity contribution in [1.29, 1.82) is 0 Å². The van der Waals surface area contributed by atoms with Crippen molar-refractivity contribution >= 4 is 16.9 Å². The predicted octanol–water partition coefficient (Wildman–Crippen LogP) is 4.66. The molecule has 0 amide bonds. The second-order valence-electron chi connectivity index (χ2n) is 8.15. The first-order chi connectivity index (χ1) is 17.0. The molecule has 0 spiro atoms. The third-order valence-corrected chi connectivity index (χ3v) is 5.94. The lowest BCUT2D eigenvalue weighted by Crippen LogP contribution is -2.46. The highest BCUT2D eigenvalue weighted by atomic mass is 19.1. The molecule has 3 aromatic carbocycles. The van der Waals surface area contributed by atoms with E-state index in [0.717, 1.165) is 5.56 Å². The molecule has 7 nitrogen and oxygen atoms in total. The molecule has 8 heteroatoms. The first kappa shape index (κ1) is 22.6. The van der Waals surface area contributed by atoms with Gasteiger partial charge in [0.05, 0.1) is 18.1 Å². The minimum absolute atomic E-state index is 0.0193. The minimum Gasteiger partial charge on any atom is -0.478 e. The van der Waals surface area contributed by atoms with Crippen molar-refractivity contribution in [3.8, 4) is 17.2 Å². The van der Waals surface area contributed by atoms with Crippen LogP contribution in [0.5, 0.6) is 17.2 Å². The van der Waals surface area contributed by atoms with Gasteiger partial charge in [-0.15, -0.1) is 0 Å². The van der Waals surface area contributed by atoms with Crippen LogP contribution in [-0.2, 0) is 22.5 Å². The Morgan fingerprint density at radius 2 is 1.86 bits per heavy atom. The zero-order chi connectivity index (χ0) is 24.4. The predicted molar refractivity (Wildman–Crippen MR) is 126 cm³/mol. The number of benzene rings is 3. The first-order valence-corrected chi connectivity index (χ1v) is 11.0. The third kappa shape index (κ3) is 4.61. The minimum atomic E-state index is -0.585. The van der Waals surface area contributed by atoms with Crippen molar-refractivity contribution in [3.63, 3.8) is 0 Å². The molecule has 1 aliphatic rings. The maximum atomic E-state index is 13.2. The SMILES string of the molecule is COC(=O)[C@@H](Cc1ccccc1)N1COc2ccc3c(=O)c(Oc4ccc(F)cc4)coc3c2C1. The molecule has 5 rings (SSSR count). The van der Waals surface area contributed by atoms with E-state index in [2.05, 4.69) is 0 Å². The van der Waals surface area contributed by atoms with Crippen molar-refractivity contribution in [2.24, 2.45) is 0 Å². The molecule has 0 fully saturated rings. The summed E-state index contributed by atoms with van der Waals surface area (Å²) < 4.78 is 35.6. The van der Waals surface area contributed by atoms with Gasteiger partial charge in [-0.05, 0) is 48.4 Å². The van der Waals surface area contributed by atoms with Crippen LogP contribution in [0, 0.1) is 5.82 Å². The van der Waals surface area contributed by atoms with E-state index in [1.807, 2.05) is 35.2 Å². The molecule has 2 heterocycles. The Labute approximate surface area is 200 Å². The average Bonchev–Trinajstić information content (AvgIpc) is 2.90. The number of carbonyl (C=O) groups excluding carboxylic acids is 1. The molecule has 4 aromatic rings. The fourth-order valence-electron chi connectivity index (χ4n) is 4.14. The number of rotatable bonds is 6. The van der Waals surface area contributed by atoms with Gasteiger partial charge in [0.25, 0.3) is 0 Å². The Kier molecular flexibility index (Phi) is 6.20. The van der Waals surface area contributed by atoms with Crippen LogP contribution in [0.1, 0.15) is 11.1 Å². The smallest absolute Gasteiger partial charge is 0.323 e. The highest BCUT2D eigenvalue weighted by Gasteiger charge is 2.32. The van der Waals surface area contributed by atoms with Gasteiger partial charge in [0, 0.05) is 6.54 Å². The van der Waals surface area contributed by atoms with Crippen molar-refractivity contribution < 1.29 is 27.8 Å². The molecule has 1 aromatic heterocycles. The summed E-state index contributed by atoms with van der Waals surface area (Å²) in [6.45, 7) is 0.501. The molecule has 0 radical (unpaired) electrons. The summed E-state index contributed by atoms with van der Waals surface area (Å²) in [4.78, 5) is 27.6. The second kappa shape index (κ2) is 9.60. The van der Waals surface area contributed by atoms with Crippen LogP contribution in [0.2, 0.25) is 0 Å². The molecule has 0 saturated heterocycles. The molecule has 0 aliphatic carbocycles. The number of nitrogens with zero attached hydrogens (tertiary/aromatic N) is 1. The number of methoxy groups -OCH3 is 1. The van der Waals surface area contributed by atoms with Gasteiger partial charge in [0.15, 0.2) is 0 Å². The summed E-state index contributed by atoms with van der Waals surface area (Å²) in [7, 11) is 1.36. The highest BCUT2D eigenvalue weighted by molar-refractivity contribution is 5.83. The van der Waals surface area contributed by atoms with Gasteiger partial charge < -0.3 is 18.6 Å². The summed E-state index contributed by atoms with van der Waals surface area (Å²) in [6.07, 6.45) is 1.67. The maximum Gasteiger partial charge on any atom is 0.323 e. The molecule has 0 saturated carbocycles. The molecule has 1 atom stereocenters. The van der Waals surface area contributed by atoms with Crippen LogP contribution in [0.3, 0.4) is 0 Å². The number of hydrogen-bond donors (Lipinski definition) is 0. The Morgan fingerprint density at radius 1 is 1.09 bits per heavy atom. The van der Waals surface area contributed by atoms with E-state index in [0.29, 0.717) is 41.0 Å². The van der Waals surface area contributed by atoms with E-state index >= 15 is 0 Å². The summed E-state index contributed by atoms with van der Waals surface area (Å²) in [6, 6.07) is 17.7. The number of esters is 1. The molecule has 178 valence electrons. The molecular weight excluding hydrogens is 453 g/mol. The van der Waals surface area contributed by atoms with Crippen molar-refractivity contribution in [3.05, 3.63) is 100 Å². The van der Waals surface area contributed by atoms with Crippen LogP contribution >= 0.6 is 0 Å². The zero-order valence-electron chi connectivity index (χ0n) is 18.9. The van der Waals surface area contributed by atoms with Crippen LogP contribution in [0.25, 0.3) is 11.0 Å². The standard InChI is InChI=1S/C27H22FNO6/c1-32-27(31)22(13-17-5-3-2-4-6-17)29-14-21-23(34-16-29)12-11-20-25(30)24(15-33-26(20)21)35-19-9-7-18(28)8-10-19/h2-12,15,22H,13-14,16H2,1H3/t22-/m1/s1. The molecule has 1 aliphatic heterocycles. The number of carbonyl (C=O) groups is 1. The Morgan fingerprint density at radius 3 is 2.60 bits per heavy atom. The molecule has 0 N–H and O–H groups in total. The molecular formula is C27H22FNO6. The van der Waals surface area contributed by atoms with Crippen molar-refractivity contribution in [1.82, 2.24) is 4.90 Å². The highest BCUT2D eigenvalue weighted by Crippen LogP contribution is 2.34. The van der Waals surface area contributed by atoms with Gasteiger partial charge in [-0.25, -0.2) is 4.39 Å². The normalized spacial score (nSPS) is 14.1. The van der Waals surface area contributed by atoms with E-state index in [-0.39, 0.29) is 23.9 Å². The van der Waals surface area contributed by atoms with Gasteiger partial charge >= 0.3 is 5.97 Å². The average molecular weight is 475 g/mol. The Hall–Kier alpha value is -4.17. The maximum absolute atomic E-state index is 13.2. The zero-order valence-corrected chi connectivity index (χ0v) is 18.9. The van der Waals surface area contributed by atoms with Crippen LogP contribution in [0.15, 0.2) is 82.2 Å². The quantitative estimate of drug-likeness (QED) is 0.375. The summed E-state index contributed by atoms with van der Waals surface area (Å²) in [5.41, 5.74) is 1.62. The van der Waals surface area contributed by atoms with Crippen LogP contribution in [0.4, 0.5) is 4.39 Å². The monoisotopic (exact) mass is 475 g/mol. The third-order valence-electron chi connectivity index (χ3n) is 5.94. The van der Waals surface area contributed by atoms with Gasteiger partial charge in [0.2, 0.25) is 11.2 Å². The van der Waals surface area contributed by atoms with E-state index in [4.69, 9.17) is 18.6 Å². The summed E-state index contributed by atoms with van der Waals surface area (Å²) in [5, 5.41) is 0.312. The number of fused-ring (bicyclic) bond motifs is 3. The number of ether oxygens (including phenoxy) is 3. The van der Waals surface area contributed by atoms with Crippen molar-refractivity contribution in [2.75, 3.05) is 13.8 Å². The van der Waals surface area contributed by atoms with E-state index in [9.17, 15) is 14.0 Å². The van der Waals surface area contributed by atoms with Gasteiger partial charge in [-0.1, -0.05) is 30.3 Å². The Balaban J connectivity index is 1.46. The number of hydrogen-bond acceptors (Lipinski definition) is 7.